The van der Waals surface area contributed by atoms with Gasteiger partial charge in [-0.3, -0.25) is 9.59 Å². The van der Waals surface area contributed by atoms with Crippen LogP contribution in [-0.4, -0.2) is 27.7 Å². The predicted octanol–water partition coefficient (Wildman–Crippen LogP) is 5.66. The van der Waals surface area contributed by atoms with E-state index in [-0.39, 0.29) is 17.4 Å². The zero-order valence-corrected chi connectivity index (χ0v) is 17.4. The minimum atomic E-state index is -0.579. The molecule has 1 amide bonds. The standard InChI is InChI=1S/C25H23NO3S/c27-23(19-13-6-9-16-8-4-5-12-18(16)19)21-22(20-14-7-15-30-20)26(25(29)24(21)28)17-10-2-1-3-11-17/h4-9,12-15,17,22,27H,1-3,10-11H2/b23-21-. The highest BCUT2D eigenvalue weighted by Crippen LogP contribution is 2.44. The van der Waals surface area contributed by atoms with E-state index in [9.17, 15) is 14.7 Å². The number of hydrogen-bond acceptors (Lipinski definition) is 4. The molecule has 1 aromatic heterocycles. The van der Waals surface area contributed by atoms with Gasteiger partial charge in [0.25, 0.3) is 11.7 Å². The van der Waals surface area contributed by atoms with Crippen LogP contribution in [-0.2, 0) is 9.59 Å². The Morgan fingerprint density at radius 1 is 0.933 bits per heavy atom. The number of ketones is 1. The normalized spacial score (nSPS) is 22.1. The van der Waals surface area contributed by atoms with Crippen molar-refractivity contribution in [3.8, 4) is 0 Å². The van der Waals surface area contributed by atoms with Crippen LogP contribution in [0.4, 0.5) is 0 Å². The van der Waals surface area contributed by atoms with Gasteiger partial charge in [-0.15, -0.1) is 11.3 Å². The Kier molecular flexibility index (Phi) is 4.91. The molecule has 1 atom stereocenters. The van der Waals surface area contributed by atoms with E-state index >= 15 is 0 Å². The fourth-order valence-electron chi connectivity index (χ4n) is 4.89. The number of nitrogens with zero attached hydrogens (tertiary/aromatic N) is 1. The van der Waals surface area contributed by atoms with Crippen LogP contribution in [0.25, 0.3) is 16.5 Å². The van der Waals surface area contributed by atoms with Gasteiger partial charge in [0, 0.05) is 16.5 Å². The van der Waals surface area contributed by atoms with Gasteiger partial charge in [-0.2, -0.15) is 0 Å². The second-order valence-electron chi connectivity index (χ2n) is 8.04. The Bertz CT molecular complexity index is 1140. The highest BCUT2D eigenvalue weighted by Gasteiger charge is 2.49. The van der Waals surface area contributed by atoms with E-state index in [1.54, 1.807) is 4.90 Å². The van der Waals surface area contributed by atoms with Gasteiger partial charge in [-0.05, 0) is 35.1 Å². The number of aliphatic hydroxyl groups excluding tert-OH is 1. The van der Waals surface area contributed by atoms with Crippen LogP contribution in [0.3, 0.4) is 0 Å². The number of hydrogen-bond donors (Lipinski definition) is 1. The minimum absolute atomic E-state index is 0.0418. The van der Waals surface area contributed by atoms with Crippen molar-refractivity contribution in [2.45, 2.75) is 44.2 Å². The third-order valence-corrected chi connectivity index (χ3v) is 7.23. The number of amides is 1. The minimum Gasteiger partial charge on any atom is -0.507 e. The molecule has 0 radical (unpaired) electrons. The summed E-state index contributed by atoms with van der Waals surface area (Å²) in [6.45, 7) is 0. The summed E-state index contributed by atoms with van der Waals surface area (Å²) in [5, 5.41) is 15.2. The second kappa shape index (κ2) is 7.73. The lowest BCUT2D eigenvalue weighted by molar-refractivity contribution is -0.141. The van der Waals surface area contributed by atoms with Gasteiger partial charge < -0.3 is 10.0 Å². The predicted molar refractivity (Wildman–Crippen MR) is 119 cm³/mol. The molecular weight excluding hydrogens is 394 g/mol. The first-order valence-electron chi connectivity index (χ1n) is 10.5. The molecule has 3 aromatic rings. The highest BCUT2D eigenvalue weighted by molar-refractivity contribution is 7.10. The van der Waals surface area contributed by atoms with Crippen LogP contribution in [0.1, 0.15) is 48.6 Å². The number of rotatable bonds is 3. The van der Waals surface area contributed by atoms with Crippen LogP contribution in [0.5, 0.6) is 0 Å². The zero-order chi connectivity index (χ0) is 20.7. The van der Waals surface area contributed by atoms with Crippen LogP contribution < -0.4 is 0 Å². The molecule has 5 heteroatoms. The first-order valence-corrected chi connectivity index (χ1v) is 11.4. The maximum absolute atomic E-state index is 13.2. The van der Waals surface area contributed by atoms with E-state index in [1.165, 1.54) is 17.8 Å². The number of thiophene rings is 1. The van der Waals surface area contributed by atoms with Crippen LogP contribution in [0, 0.1) is 0 Å². The Labute approximate surface area is 179 Å². The van der Waals surface area contributed by atoms with Crippen molar-refractivity contribution in [3.05, 3.63) is 76.0 Å². The highest BCUT2D eigenvalue weighted by atomic mass is 32.1. The molecule has 5 rings (SSSR count). The summed E-state index contributed by atoms with van der Waals surface area (Å²) < 4.78 is 0. The molecule has 152 valence electrons. The smallest absolute Gasteiger partial charge is 0.295 e. The lowest BCUT2D eigenvalue weighted by Gasteiger charge is -2.34. The second-order valence-corrected chi connectivity index (χ2v) is 9.02. The number of aliphatic hydroxyl groups is 1. The molecule has 0 bridgehead atoms. The van der Waals surface area contributed by atoms with Crippen molar-refractivity contribution in [2.75, 3.05) is 0 Å². The van der Waals surface area contributed by atoms with E-state index in [4.69, 9.17) is 0 Å². The maximum atomic E-state index is 13.2. The van der Waals surface area contributed by atoms with Gasteiger partial charge in [0.2, 0.25) is 0 Å². The molecule has 1 saturated heterocycles. The van der Waals surface area contributed by atoms with Crippen molar-refractivity contribution < 1.29 is 14.7 Å². The van der Waals surface area contributed by atoms with Crippen LogP contribution >= 0.6 is 11.3 Å². The van der Waals surface area contributed by atoms with E-state index in [1.807, 2.05) is 60.0 Å². The molecular formula is C25H23NO3S. The average Bonchev–Trinajstić information content (AvgIpc) is 3.40. The monoisotopic (exact) mass is 417 g/mol. The molecule has 2 heterocycles. The number of fused-ring (bicyclic) bond motifs is 1. The van der Waals surface area contributed by atoms with Crippen LogP contribution in [0.15, 0.2) is 65.6 Å². The van der Waals surface area contributed by atoms with Gasteiger partial charge in [-0.1, -0.05) is 67.8 Å². The summed E-state index contributed by atoms with van der Waals surface area (Å²) in [7, 11) is 0. The summed E-state index contributed by atoms with van der Waals surface area (Å²) in [6.07, 6.45) is 5.11. The van der Waals surface area contributed by atoms with Gasteiger partial charge in [0.05, 0.1) is 11.6 Å². The zero-order valence-electron chi connectivity index (χ0n) is 16.6. The molecule has 1 N–H and O–H groups in total. The Morgan fingerprint density at radius 2 is 1.70 bits per heavy atom. The largest absolute Gasteiger partial charge is 0.507 e. The summed E-state index contributed by atoms with van der Waals surface area (Å²) in [5.41, 5.74) is 0.806. The Balaban J connectivity index is 1.70. The van der Waals surface area contributed by atoms with E-state index in [2.05, 4.69) is 0 Å². The first kappa shape index (κ1) is 19.1. The lowest BCUT2D eigenvalue weighted by Crippen LogP contribution is -2.40. The van der Waals surface area contributed by atoms with Gasteiger partial charge in [0.1, 0.15) is 5.76 Å². The van der Waals surface area contributed by atoms with E-state index in [0.717, 1.165) is 41.3 Å². The molecule has 1 aliphatic carbocycles. The topological polar surface area (TPSA) is 57.6 Å². The quantitative estimate of drug-likeness (QED) is 0.340. The fourth-order valence-corrected chi connectivity index (χ4v) is 5.72. The molecule has 2 fully saturated rings. The number of Topliss-reactive ketones (excluding diaryl/α,β-unsaturated/α-hetero) is 1. The summed E-state index contributed by atoms with van der Waals surface area (Å²) in [6, 6.07) is 16.8. The van der Waals surface area contributed by atoms with Gasteiger partial charge >= 0.3 is 0 Å². The van der Waals surface area contributed by atoms with Gasteiger partial charge in [0.15, 0.2) is 0 Å². The van der Waals surface area contributed by atoms with Crippen molar-refractivity contribution >= 4 is 39.6 Å². The lowest BCUT2D eigenvalue weighted by atomic mass is 9.92. The van der Waals surface area contributed by atoms with Crippen LogP contribution in [0.2, 0.25) is 0 Å². The third-order valence-electron chi connectivity index (χ3n) is 6.31. The summed E-state index contributed by atoms with van der Waals surface area (Å²) in [5.74, 6) is -1.15. The fraction of sp³-hybridized carbons (Fsp3) is 0.280. The average molecular weight is 418 g/mol. The molecule has 0 spiro atoms. The van der Waals surface area contributed by atoms with E-state index < -0.39 is 17.7 Å². The molecule has 30 heavy (non-hydrogen) atoms. The molecule has 1 unspecified atom stereocenters. The SMILES string of the molecule is O=C1C(=O)N(C2CCCCC2)C(c2cccs2)/C1=C(/O)c1cccc2ccccc12. The number of benzene rings is 2. The maximum Gasteiger partial charge on any atom is 0.295 e. The van der Waals surface area contributed by atoms with Gasteiger partial charge in [-0.25, -0.2) is 0 Å². The summed E-state index contributed by atoms with van der Waals surface area (Å²) >= 11 is 1.52. The molecule has 2 aromatic carbocycles. The Hall–Kier alpha value is -2.92. The molecule has 1 saturated carbocycles. The summed E-state index contributed by atoms with van der Waals surface area (Å²) in [4.78, 5) is 29.0. The van der Waals surface area contributed by atoms with E-state index in [0.29, 0.717) is 5.56 Å². The number of carbonyl (C=O) groups is 2. The van der Waals surface area contributed by atoms with Crippen molar-refractivity contribution in [1.82, 2.24) is 4.90 Å². The third kappa shape index (κ3) is 3.05. The molecule has 4 nitrogen and oxygen atoms in total. The number of likely N-dealkylation sites (tertiary alicyclic amines) is 1. The first-order chi connectivity index (χ1) is 14.7. The Morgan fingerprint density at radius 3 is 2.47 bits per heavy atom. The number of carbonyl (C=O) groups excluding carboxylic acids is 2. The molecule has 1 aliphatic heterocycles. The van der Waals surface area contributed by atoms with Crippen molar-refractivity contribution in [2.24, 2.45) is 0 Å². The molecule has 2 aliphatic rings. The van der Waals surface area contributed by atoms with Crippen molar-refractivity contribution in [1.29, 1.82) is 0 Å². The van der Waals surface area contributed by atoms with Crippen molar-refractivity contribution in [3.63, 3.8) is 0 Å².